The second-order valence-corrected chi connectivity index (χ2v) is 4.79. The maximum Gasteiger partial charge on any atom is 0.405 e. The molecule has 0 spiro atoms. The molecular formula is C13H17F4N3. The number of nitrogens with zero attached hydrogens (tertiary/aromatic N) is 2. The van der Waals surface area contributed by atoms with Crippen molar-refractivity contribution in [1.29, 1.82) is 0 Å². The van der Waals surface area contributed by atoms with Gasteiger partial charge in [0.05, 0.1) is 0 Å². The SMILES string of the molecule is NCC(N1CCN(c2ccc(F)cc2)CC1)C(F)(F)F. The number of alkyl halides is 3. The Labute approximate surface area is 115 Å². The summed E-state index contributed by atoms with van der Waals surface area (Å²) in [5.74, 6) is -0.326. The second kappa shape index (κ2) is 5.97. The zero-order valence-electron chi connectivity index (χ0n) is 10.9. The van der Waals surface area contributed by atoms with Crippen molar-refractivity contribution in [3.05, 3.63) is 30.1 Å². The highest BCUT2D eigenvalue weighted by atomic mass is 19.4. The van der Waals surface area contributed by atoms with Crippen LogP contribution >= 0.6 is 0 Å². The van der Waals surface area contributed by atoms with E-state index < -0.39 is 18.8 Å². The summed E-state index contributed by atoms with van der Waals surface area (Å²) in [4.78, 5) is 3.31. The lowest BCUT2D eigenvalue weighted by Gasteiger charge is -2.40. The molecule has 1 heterocycles. The average Bonchev–Trinajstić information content (AvgIpc) is 2.40. The molecule has 0 radical (unpaired) electrons. The Morgan fingerprint density at radius 2 is 1.60 bits per heavy atom. The molecular weight excluding hydrogens is 274 g/mol. The van der Waals surface area contributed by atoms with Crippen molar-refractivity contribution in [3.8, 4) is 0 Å². The largest absolute Gasteiger partial charge is 0.405 e. The third kappa shape index (κ3) is 3.40. The molecule has 0 saturated carbocycles. The summed E-state index contributed by atoms with van der Waals surface area (Å²) in [7, 11) is 0. The molecule has 1 aliphatic rings. The van der Waals surface area contributed by atoms with Gasteiger partial charge in [-0.1, -0.05) is 0 Å². The number of hydrogen-bond donors (Lipinski definition) is 1. The molecule has 1 atom stereocenters. The fourth-order valence-corrected chi connectivity index (χ4v) is 2.43. The van der Waals surface area contributed by atoms with Crippen molar-refractivity contribution >= 4 is 5.69 Å². The highest BCUT2D eigenvalue weighted by Crippen LogP contribution is 2.26. The van der Waals surface area contributed by atoms with E-state index >= 15 is 0 Å². The minimum absolute atomic E-state index is 0.290. The highest BCUT2D eigenvalue weighted by Gasteiger charge is 2.43. The molecule has 1 unspecified atom stereocenters. The summed E-state index contributed by atoms with van der Waals surface area (Å²) in [6, 6.07) is 4.38. The molecule has 0 aromatic heterocycles. The molecule has 1 fully saturated rings. The van der Waals surface area contributed by atoms with Gasteiger partial charge in [0.25, 0.3) is 0 Å². The lowest BCUT2D eigenvalue weighted by Crippen LogP contribution is -2.57. The van der Waals surface area contributed by atoms with Gasteiger partial charge in [0.1, 0.15) is 11.9 Å². The van der Waals surface area contributed by atoms with Crippen molar-refractivity contribution in [3.63, 3.8) is 0 Å². The number of hydrogen-bond acceptors (Lipinski definition) is 3. The molecule has 1 aromatic rings. The van der Waals surface area contributed by atoms with Gasteiger partial charge in [0.2, 0.25) is 0 Å². The van der Waals surface area contributed by atoms with Gasteiger partial charge in [-0.15, -0.1) is 0 Å². The molecule has 112 valence electrons. The lowest BCUT2D eigenvalue weighted by molar-refractivity contribution is -0.181. The first kappa shape index (κ1) is 15.1. The third-order valence-electron chi connectivity index (χ3n) is 3.55. The maximum absolute atomic E-state index is 12.8. The first-order chi connectivity index (χ1) is 9.41. The molecule has 2 rings (SSSR count). The van der Waals surface area contributed by atoms with E-state index in [2.05, 4.69) is 0 Å². The zero-order chi connectivity index (χ0) is 14.8. The van der Waals surface area contributed by atoms with Crippen LogP contribution in [-0.4, -0.2) is 49.8 Å². The number of benzene rings is 1. The van der Waals surface area contributed by atoms with E-state index in [1.54, 1.807) is 12.1 Å². The number of piperazine rings is 1. The first-order valence-electron chi connectivity index (χ1n) is 6.43. The molecule has 1 saturated heterocycles. The van der Waals surface area contributed by atoms with Crippen LogP contribution in [0, 0.1) is 5.82 Å². The molecule has 3 nitrogen and oxygen atoms in total. The summed E-state index contributed by atoms with van der Waals surface area (Å²) in [6.07, 6.45) is -4.30. The van der Waals surface area contributed by atoms with Crippen molar-refractivity contribution < 1.29 is 17.6 Å². The Balaban J connectivity index is 1.96. The molecule has 20 heavy (non-hydrogen) atoms. The summed E-state index contributed by atoms with van der Waals surface area (Å²) in [5.41, 5.74) is 6.06. The fourth-order valence-electron chi connectivity index (χ4n) is 2.43. The van der Waals surface area contributed by atoms with E-state index in [1.807, 2.05) is 4.90 Å². The zero-order valence-corrected chi connectivity index (χ0v) is 10.9. The number of halogens is 4. The van der Waals surface area contributed by atoms with E-state index in [9.17, 15) is 17.6 Å². The Hall–Kier alpha value is -1.34. The predicted octanol–water partition coefficient (Wildman–Crippen LogP) is 1.84. The summed E-state index contributed by atoms with van der Waals surface area (Å²) < 4.78 is 51.2. The van der Waals surface area contributed by atoms with Crippen LogP contribution in [-0.2, 0) is 0 Å². The Bertz CT molecular complexity index is 424. The van der Waals surface area contributed by atoms with Gasteiger partial charge in [0.15, 0.2) is 0 Å². The molecule has 0 amide bonds. The summed E-state index contributed by atoms with van der Waals surface area (Å²) in [6.45, 7) is 1.09. The molecule has 0 aliphatic carbocycles. The topological polar surface area (TPSA) is 32.5 Å². The van der Waals surface area contributed by atoms with E-state index in [0.29, 0.717) is 26.2 Å². The van der Waals surface area contributed by atoms with Crippen LogP contribution in [0.15, 0.2) is 24.3 Å². The van der Waals surface area contributed by atoms with Crippen molar-refractivity contribution in [2.45, 2.75) is 12.2 Å². The molecule has 7 heteroatoms. The predicted molar refractivity (Wildman–Crippen MR) is 69.1 cm³/mol. The molecule has 2 N–H and O–H groups in total. The van der Waals surface area contributed by atoms with Crippen molar-refractivity contribution in [2.75, 3.05) is 37.6 Å². The van der Waals surface area contributed by atoms with E-state index in [1.165, 1.54) is 17.0 Å². The van der Waals surface area contributed by atoms with E-state index in [0.717, 1.165) is 5.69 Å². The fraction of sp³-hybridized carbons (Fsp3) is 0.538. The Morgan fingerprint density at radius 3 is 2.05 bits per heavy atom. The van der Waals surface area contributed by atoms with Crippen LogP contribution in [0.3, 0.4) is 0 Å². The minimum atomic E-state index is -4.30. The van der Waals surface area contributed by atoms with Gasteiger partial charge in [-0.25, -0.2) is 4.39 Å². The maximum atomic E-state index is 12.8. The van der Waals surface area contributed by atoms with E-state index in [4.69, 9.17) is 5.73 Å². The quantitative estimate of drug-likeness (QED) is 0.863. The van der Waals surface area contributed by atoms with Crippen LogP contribution < -0.4 is 10.6 Å². The number of anilines is 1. The van der Waals surface area contributed by atoms with Crippen molar-refractivity contribution in [1.82, 2.24) is 4.90 Å². The van der Waals surface area contributed by atoms with Crippen LogP contribution in [0.25, 0.3) is 0 Å². The van der Waals surface area contributed by atoms with Crippen molar-refractivity contribution in [2.24, 2.45) is 5.73 Å². The van der Waals surface area contributed by atoms with E-state index in [-0.39, 0.29) is 5.82 Å². The van der Waals surface area contributed by atoms with Gasteiger partial charge >= 0.3 is 6.18 Å². The monoisotopic (exact) mass is 291 g/mol. The second-order valence-electron chi connectivity index (χ2n) is 4.79. The van der Waals surface area contributed by atoms with Gasteiger partial charge in [-0.3, -0.25) is 4.90 Å². The number of nitrogens with two attached hydrogens (primary N) is 1. The van der Waals surface area contributed by atoms with Gasteiger partial charge in [-0.2, -0.15) is 13.2 Å². The van der Waals surface area contributed by atoms with Gasteiger partial charge in [0, 0.05) is 38.4 Å². The molecule has 1 aromatic carbocycles. The standard InChI is InChI=1S/C13H17F4N3/c14-10-1-3-11(4-2-10)19-5-7-20(8-6-19)12(9-18)13(15,16)17/h1-4,12H,5-9,18H2. The third-order valence-corrected chi connectivity index (χ3v) is 3.55. The summed E-state index contributed by atoms with van der Waals surface area (Å²) in [5, 5.41) is 0. The first-order valence-corrected chi connectivity index (χ1v) is 6.43. The summed E-state index contributed by atoms with van der Waals surface area (Å²) >= 11 is 0. The van der Waals surface area contributed by atoms with Crippen LogP contribution in [0.2, 0.25) is 0 Å². The van der Waals surface area contributed by atoms with Crippen LogP contribution in [0.5, 0.6) is 0 Å². The normalized spacial score (nSPS) is 19.1. The van der Waals surface area contributed by atoms with Crippen LogP contribution in [0.1, 0.15) is 0 Å². The Morgan fingerprint density at radius 1 is 1.05 bits per heavy atom. The smallest absolute Gasteiger partial charge is 0.369 e. The van der Waals surface area contributed by atoms with Gasteiger partial charge in [-0.05, 0) is 24.3 Å². The Kier molecular flexibility index (Phi) is 4.49. The van der Waals surface area contributed by atoms with Gasteiger partial charge < -0.3 is 10.6 Å². The van der Waals surface area contributed by atoms with Crippen LogP contribution in [0.4, 0.5) is 23.2 Å². The lowest BCUT2D eigenvalue weighted by atomic mass is 10.2. The average molecular weight is 291 g/mol. The minimum Gasteiger partial charge on any atom is -0.369 e. The molecule has 1 aliphatic heterocycles. The molecule has 0 bridgehead atoms. The number of rotatable bonds is 3. The highest BCUT2D eigenvalue weighted by molar-refractivity contribution is 5.46.